The molecule has 0 radical (unpaired) electrons. The summed E-state index contributed by atoms with van der Waals surface area (Å²) in [7, 11) is 0. The van der Waals surface area contributed by atoms with E-state index >= 15 is 0 Å². The number of hydrogen-bond acceptors (Lipinski definition) is 4. The van der Waals surface area contributed by atoms with E-state index in [2.05, 4.69) is 43.9 Å². The second-order valence-corrected chi connectivity index (χ2v) is 8.52. The fourth-order valence-electron chi connectivity index (χ4n) is 3.22. The number of rotatable bonds is 2. The number of fused-ring (bicyclic) bond motifs is 3. The Morgan fingerprint density at radius 3 is 3.10 bits per heavy atom. The van der Waals surface area contributed by atoms with Gasteiger partial charge in [-0.1, -0.05) is 0 Å². The summed E-state index contributed by atoms with van der Waals surface area (Å²) >= 11 is 4.00. The highest BCUT2D eigenvalue weighted by molar-refractivity contribution is 14.1. The molecule has 2 aromatic rings. The average Bonchev–Trinajstić information content (AvgIpc) is 3.10. The summed E-state index contributed by atoms with van der Waals surface area (Å²) in [5.74, 6) is 0.597. The summed E-state index contributed by atoms with van der Waals surface area (Å²) in [6, 6.07) is 4.31. The van der Waals surface area contributed by atoms with Gasteiger partial charge in [-0.15, -0.1) is 11.3 Å². The van der Waals surface area contributed by atoms with Gasteiger partial charge < -0.3 is 10.2 Å². The van der Waals surface area contributed by atoms with Crippen LogP contribution in [0.5, 0.6) is 0 Å². The van der Waals surface area contributed by atoms with Gasteiger partial charge in [0.1, 0.15) is 5.69 Å². The molecule has 6 heteroatoms. The zero-order valence-corrected chi connectivity index (χ0v) is 13.8. The van der Waals surface area contributed by atoms with Crippen LogP contribution in [0.4, 0.5) is 0 Å². The van der Waals surface area contributed by atoms with Crippen LogP contribution in [0.3, 0.4) is 0 Å². The molecule has 0 spiro atoms. The van der Waals surface area contributed by atoms with E-state index in [-0.39, 0.29) is 5.91 Å². The van der Waals surface area contributed by atoms with Gasteiger partial charge in [0.05, 0.1) is 2.88 Å². The molecule has 2 aliphatic heterocycles. The number of carbonyl (C=O) groups excluding carboxylic acids is 1. The normalized spacial score (nSPS) is 28.1. The first-order valence-electron chi connectivity index (χ1n) is 6.77. The van der Waals surface area contributed by atoms with Crippen LogP contribution in [0.25, 0.3) is 10.1 Å². The highest BCUT2D eigenvalue weighted by Crippen LogP contribution is 2.29. The molecule has 0 saturated carbocycles. The Morgan fingerprint density at radius 1 is 1.45 bits per heavy atom. The van der Waals surface area contributed by atoms with E-state index in [1.54, 1.807) is 17.5 Å². The lowest BCUT2D eigenvalue weighted by Gasteiger charge is -2.22. The largest absolute Gasteiger partial charge is 0.346 e. The number of halogens is 1. The first-order valence-corrected chi connectivity index (χ1v) is 8.67. The topological polar surface area (TPSA) is 45.2 Å². The van der Waals surface area contributed by atoms with Crippen molar-refractivity contribution in [2.75, 3.05) is 19.6 Å². The van der Waals surface area contributed by atoms with Crippen LogP contribution in [0.15, 0.2) is 18.3 Å². The van der Waals surface area contributed by atoms with Gasteiger partial charge in [-0.05, 0) is 53.6 Å². The van der Waals surface area contributed by atoms with Crippen LogP contribution in [0.1, 0.15) is 16.9 Å². The molecular weight excluding hydrogens is 385 g/mol. The fourth-order valence-corrected chi connectivity index (χ4v) is 5.06. The Kier molecular flexibility index (Phi) is 3.19. The van der Waals surface area contributed by atoms with E-state index in [9.17, 15) is 4.79 Å². The third-order valence-electron chi connectivity index (χ3n) is 4.25. The van der Waals surface area contributed by atoms with Crippen molar-refractivity contribution in [1.82, 2.24) is 15.2 Å². The standard InChI is InChI=1S/C14H14IN3OS/c15-13-3-9-5-16-10(4-12(9)20-13)14(19)17-11-7-18-2-1-8(11)6-18/h3-5,8,11H,1-2,6-7H2,(H,17,19). The van der Waals surface area contributed by atoms with E-state index in [4.69, 9.17) is 0 Å². The van der Waals surface area contributed by atoms with Crippen LogP contribution in [0, 0.1) is 8.80 Å². The Hall–Kier alpha value is -0.730. The Balaban J connectivity index is 1.54. The number of carbonyl (C=O) groups is 1. The molecule has 2 bridgehead atoms. The van der Waals surface area contributed by atoms with Crippen molar-refractivity contribution in [3.05, 3.63) is 26.9 Å². The number of nitrogens with zero attached hydrogens (tertiary/aromatic N) is 2. The van der Waals surface area contributed by atoms with E-state index in [1.165, 1.54) is 15.8 Å². The number of piperidine rings is 1. The number of aromatic nitrogens is 1. The molecule has 2 fully saturated rings. The van der Waals surface area contributed by atoms with Crippen molar-refractivity contribution in [2.24, 2.45) is 5.92 Å². The maximum atomic E-state index is 12.3. The molecule has 0 aliphatic carbocycles. The van der Waals surface area contributed by atoms with Gasteiger partial charge in [-0.25, -0.2) is 0 Å². The van der Waals surface area contributed by atoms with Crippen LogP contribution in [-0.2, 0) is 0 Å². The first kappa shape index (κ1) is 13.0. The molecule has 2 aromatic heterocycles. The highest BCUT2D eigenvalue weighted by atomic mass is 127. The molecule has 4 rings (SSSR count). The Labute approximate surface area is 134 Å². The monoisotopic (exact) mass is 399 g/mol. The molecule has 2 saturated heterocycles. The maximum Gasteiger partial charge on any atom is 0.270 e. The number of amides is 1. The third kappa shape index (κ3) is 2.23. The second kappa shape index (κ2) is 4.92. The van der Waals surface area contributed by atoms with Gasteiger partial charge in [0.2, 0.25) is 0 Å². The average molecular weight is 399 g/mol. The van der Waals surface area contributed by atoms with Crippen molar-refractivity contribution in [2.45, 2.75) is 12.5 Å². The summed E-state index contributed by atoms with van der Waals surface area (Å²) in [6.07, 6.45) is 3.01. The zero-order valence-electron chi connectivity index (χ0n) is 10.8. The van der Waals surface area contributed by atoms with Gasteiger partial charge in [-0.3, -0.25) is 9.78 Å². The first-order chi connectivity index (χ1) is 9.69. The molecule has 104 valence electrons. The van der Waals surface area contributed by atoms with Gasteiger partial charge in [0, 0.05) is 35.4 Å². The third-order valence-corrected chi connectivity index (χ3v) is 6.11. The molecule has 4 nitrogen and oxygen atoms in total. The quantitative estimate of drug-likeness (QED) is 0.789. The lowest BCUT2D eigenvalue weighted by molar-refractivity contribution is 0.0919. The van der Waals surface area contributed by atoms with Gasteiger partial charge in [0.15, 0.2) is 0 Å². The van der Waals surface area contributed by atoms with Crippen LogP contribution >= 0.6 is 33.9 Å². The molecule has 1 N–H and O–H groups in total. The van der Waals surface area contributed by atoms with Gasteiger partial charge in [-0.2, -0.15) is 0 Å². The SMILES string of the molecule is O=C(NC1CN2CCC1C2)c1cc2sc(I)cc2cn1. The lowest BCUT2D eigenvalue weighted by Crippen LogP contribution is -2.43. The minimum atomic E-state index is -0.0333. The molecule has 1 amide bonds. The van der Waals surface area contributed by atoms with Gasteiger partial charge in [0.25, 0.3) is 5.91 Å². The molecule has 20 heavy (non-hydrogen) atoms. The predicted octanol–water partition coefficient (Wildman–Crippen LogP) is 2.33. The molecule has 2 aliphatic rings. The van der Waals surface area contributed by atoms with Crippen LogP contribution in [0.2, 0.25) is 0 Å². The highest BCUT2D eigenvalue weighted by Gasteiger charge is 2.38. The zero-order chi connectivity index (χ0) is 13.7. The molecule has 3 unspecified atom stereocenters. The molecule has 3 atom stereocenters. The molecular formula is C14H14IN3OS. The summed E-state index contributed by atoms with van der Waals surface area (Å²) in [4.78, 5) is 19.1. The summed E-state index contributed by atoms with van der Waals surface area (Å²) in [5, 5.41) is 4.27. The number of pyridine rings is 1. The minimum Gasteiger partial charge on any atom is -0.346 e. The lowest BCUT2D eigenvalue weighted by atomic mass is 10.00. The van der Waals surface area contributed by atoms with E-state index in [1.807, 2.05) is 6.07 Å². The van der Waals surface area contributed by atoms with Crippen molar-refractivity contribution in [3.63, 3.8) is 0 Å². The predicted molar refractivity (Wildman–Crippen MR) is 88.1 cm³/mol. The smallest absolute Gasteiger partial charge is 0.270 e. The van der Waals surface area contributed by atoms with E-state index < -0.39 is 0 Å². The van der Waals surface area contributed by atoms with Crippen LogP contribution in [-0.4, -0.2) is 41.5 Å². The fraction of sp³-hybridized carbons (Fsp3) is 0.429. The van der Waals surface area contributed by atoms with E-state index in [0.29, 0.717) is 17.7 Å². The maximum absolute atomic E-state index is 12.3. The summed E-state index contributed by atoms with van der Waals surface area (Å²) in [6.45, 7) is 3.32. The summed E-state index contributed by atoms with van der Waals surface area (Å²) < 4.78 is 2.35. The van der Waals surface area contributed by atoms with Crippen LogP contribution < -0.4 is 5.32 Å². The molecule has 4 heterocycles. The van der Waals surface area contributed by atoms with Crippen molar-refractivity contribution in [3.8, 4) is 0 Å². The second-order valence-electron chi connectivity index (χ2n) is 5.55. The van der Waals surface area contributed by atoms with E-state index in [0.717, 1.165) is 23.2 Å². The van der Waals surface area contributed by atoms with Gasteiger partial charge >= 0.3 is 0 Å². The molecule has 0 aromatic carbocycles. The summed E-state index contributed by atoms with van der Waals surface area (Å²) in [5.41, 5.74) is 0.536. The Morgan fingerprint density at radius 2 is 2.35 bits per heavy atom. The van der Waals surface area contributed by atoms with Crippen molar-refractivity contribution in [1.29, 1.82) is 0 Å². The minimum absolute atomic E-state index is 0.0333. The van der Waals surface area contributed by atoms with Crippen molar-refractivity contribution < 1.29 is 4.79 Å². The number of thiophene rings is 1. The Bertz CT molecular complexity index is 686. The van der Waals surface area contributed by atoms with Crippen molar-refractivity contribution >= 4 is 49.9 Å². The number of nitrogens with one attached hydrogen (secondary N) is 1. The number of hydrogen-bond donors (Lipinski definition) is 1.